The van der Waals surface area contributed by atoms with E-state index >= 15 is 0 Å². The summed E-state index contributed by atoms with van der Waals surface area (Å²) in [7, 11) is -3.82. The van der Waals surface area contributed by atoms with Crippen molar-refractivity contribution in [3.8, 4) is 0 Å². The highest BCUT2D eigenvalue weighted by atomic mass is 32.2. The van der Waals surface area contributed by atoms with Gasteiger partial charge in [-0.25, -0.2) is 8.42 Å². The Labute approximate surface area is 229 Å². The Bertz CT molecular complexity index is 1560. The van der Waals surface area contributed by atoms with E-state index in [1.807, 2.05) is 47.4 Å². The van der Waals surface area contributed by atoms with E-state index in [1.165, 1.54) is 14.6 Å². The fraction of sp³-hybridized carbons (Fsp3) is 0.414. The molecule has 3 aromatic rings. The van der Waals surface area contributed by atoms with Gasteiger partial charge in [-0.15, -0.1) is 0 Å². The summed E-state index contributed by atoms with van der Waals surface area (Å²) in [6, 6.07) is 15.8. The first-order valence-corrected chi connectivity index (χ1v) is 15.0. The van der Waals surface area contributed by atoms with Gasteiger partial charge in [-0.2, -0.15) is 9.40 Å². The number of fused-ring (bicyclic) bond motifs is 2. The standard InChI is InChI=1S/C29H33N5O4S/c1-20-28(21(2)34(30-20)19-27(35)32-17-13-22-7-3-5-9-25(22)32)39(37,38)31-15-11-24(12-16-31)29(36)33-18-14-23-8-4-6-10-26(23)33/h3-10,24H,11-19H2,1-2H3. The minimum absolute atomic E-state index is 0.0234. The van der Waals surface area contributed by atoms with E-state index in [4.69, 9.17) is 0 Å². The van der Waals surface area contributed by atoms with Crippen molar-refractivity contribution >= 4 is 33.2 Å². The van der Waals surface area contributed by atoms with Crippen LogP contribution in [0.3, 0.4) is 0 Å². The van der Waals surface area contributed by atoms with E-state index < -0.39 is 10.0 Å². The van der Waals surface area contributed by atoms with Crippen LogP contribution in [0.1, 0.15) is 35.4 Å². The maximum Gasteiger partial charge on any atom is 0.248 e. The number of rotatable bonds is 5. The third kappa shape index (κ3) is 4.45. The van der Waals surface area contributed by atoms with Crippen molar-refractivity contribution in [2.24, 2.45) is 5.92 Å². The van der Waals surface area contributed by atoms with E-state index in [-0.39, 0.29) is 42.3 Å². The topological polar surface area (TPSA) is 95.8 Å². The molecule has 0 spiro atoms. The maximum atomic E-state index is 13.7. The van der Waals surface area contributed by atoms with Crippen molar-refractivity contribution in [2.45, 2.75) is 51.0 Å². The van der Waals surface area contributed by atoms with E-state index in [1.54, 1.807) is 18.7 Å². The molecule has 204 valence electrons. The first kappa shape index (κ1) is 25.8. The van der Waals surface area contributed by atoms with Crippen molar-refractivity contribution in [1.29, 1.82) is 0 Å². The van der Waals surface area contributed by atoms with Crippen LogP contribution >= 0.6 is 0 Å². The number of piperidine rings is 1. The highest BCUT2D eigenvalue weighted by Crippen LogP contribution is 2.33. The predicted molar refractivity (Wildman–Crippen MR) is 148 cm³/mol. The summed E-state index contributed by atoms with van der Waals surface area (Å²) in [5.41, 5.74) is 5.05. The molecule has 0 bridgehead atoms. The summed E-state index contributed by atoms with van der Waals surface area (Å²) in [4.78, 5) is 30.2. The summed E-state index contributed by atoms with van der Waals surface area (Å²) in [6.07, 6.45) is 2.62. The lowest BCUT2D eigenvalue weighted by Crippen LogP contribution is -2.44. The normalized spacial score (nSPS) is 17.9. The van der Waals surface area contributed by atoms with E-state index in [9.17, 15) is 18.0 Å². The minimum Gasteiger partial charge on any atom is -0.312 e. The van der Waals surface area contributed by atoms with Gasteiger partial charge in [-0.1, -0.05) is 36.4 Å². The smallest absolute Gasteiger partial charge is 0.248 e. The van der Waals surface area contributed by atoms with E-state index in [2.05, 4.69) is 11.2 Å². The number of hydrogen-bond donors (Lipinski definition) is 0. The molecule has 3 aliphatic rings. The molecule has 0 atom stereocenters. The predicted octanol–water partition coefficient (Wildman–Crippen LogP) is 3.08. The highest BCUT2D eigenvalue weighted by molar-refractivity contribution is 7.89. The number of aromatic nitrogens is 2. The van der Waals surface area contributed by atoms with Crippen LogP contribution in [0.25, 0.3) is 0 Å². The third-order valence-corrected chi connectivity index (χ3v) is 10.5. The molecule has 3 aliphatic heterocycles. The van der Waals surface area contributed by atoms with Crippen LogP contribution in [-0.2, 0) is 39.0 Å². The van der Waals surface area contributed by atoms with Crippen molar-refractivity contribution in [3.63, 3.8) is 0 Å². The monoisotopic (exact) mass is 547 g/mol. The number of anilines is 2. The number of carbonyl (C=O) groups excluding carboxylic acids is 2. The zero-order valence-electron chi connectivity index (χ0n) is 22.3. The van der Waals surface area contributed by atoms with Crippen molar-refractivity contribution < 1.29 is 18.0 Å². The lowest BCUT2D eigenvalue weighted by Gasteiger charge is -2.32. The lowest BCUT2D eigenvalue weighted by atomic mass is 9.96. The molecule has 1 saturated heterocycles. The Morgan fingerprint density at radius 3 is 2.05 bits per heavy atom. The van der Waals surface area contributed by atoms with Crippen LogP contribution in [0.2, 0.25) is 0 Å². The van der Waals surface area contributed by atoms with Gasteiger partial charge in [0.1, 0.15) is 11.4 Å². The molecule has 0 saturated carbocycles. The van der Waals surface area contributed by atoms with Gasteiger partial charge < -0.3 is 9.80 Å². The summed E-state index contributed by atoms with van der Waals surface area (Å²) < 4.78 is 30.4. The fourth-order valence-corrected chi connectivity index (χ4v) is 8.12. The lowest BCUT2D eigenvalue weighted by molar-refractivity contribution is -0.123. The quantitative estimate of drug-likeness (QED) is 0.489. The van der Waals surface area contributed by atoms with Gasteiger partial charge in [0, 0.05) is 43.5 Å². The fourth-order valence-electron chi connectivity index (χ4n) is 6.28. The number of nitrogens with zero attached hydrogens (tertiary/aromatic N) is 5. The second-order valence-electron chi connectivity index (χ2n) is 10.6. The summed E-state index contributed by atoms with van der Waals surface area (Å²) in [5, 5.41) is 4.46. The zero-order valence-corrected chi connectivity index (χ0v) is 23.2. The second kappa shape index (κ2) is 9.91. The first-order valence-electron chi connectivity index (χ1n) is 13.6. The Morgan fingerprint density at radius 1 is 0.846 bits per heavy atom. The summed E-state index contributed by atoms with van der Waals surface area (Å²) >= 11 is 0. The largest absolute Gasteiger partial charge is 0.312 e. The molecule has 2 amide bonds. The van der Waals surface area contributed by atoms with E-state index in [0.717, 1.165) is 29.8 Å². The van der Waals surface area contributed by atoms with Gasteiger partial charge in [0.15, 0.2) is 0 Å². The molecule has 0 unspecified atom stereocenters. The van der Waals surface area contributed by atoms with Crippen molar-refractivity contribution in [1.82, 2.24) is 14.1 Å². The second-order valence-corrected chi connectivity index (χ2v) is 12.5. The molecule has 1 aromatic heterocycles. The number of sulfonamides is 1. The molecular formula is C29H33N5O4S. The number of para-hydroxylation sites is 2. The average molecular weight is 548 g/mol. The number of carbonyl (C=O) groups is 2. The molecule has 0 N–H and O–H groups in total. The molecule has 4 heterocycles. The van der Waals surface area contributed by atoms with Crippen LogP contribution in [-0.4, -0.2) is 60.5 Å². The number of hydrogen-bond acceptors (Lipinski definition) is 5. The van der Waals surface area contributed by atoms with Crippen molar-refractivity contribution in [2.75, 3.05) is 36.0 Å². The summed E-state index contributed by atoms with van der Waals surface area (Å²) in [6.45, 7) is 5.20. The first-order chi connectivity index (χ1) is 18.8. The number of aryl methyl sites for hydroxylation is 1. The average Bonchev–Trinajstić information content (AvgIpc) is 3.64. The number of benzene rings is 2. The maximum absolute atomic E-state index is 13.7. The van der Waals surface area contributed by atoms with Crippen LogP contribution in [0, 0.1) is 19.8 Å². The Hall–Kier alpha value is -3.50. The van der Waals surface area contributed by atoms with Gasteiger partial charge in [0.05, 0.1) is 11.4 Å². The Morgan fingerprint density at radius 2 is 1.41 bits per heavy atom. The molecule has 0 radical (unpaired) electrons. The molecule has 39 heavy (non-hydrogen) atoms. The van der Waals surface area contributed by atoms with Crippen molar-refractivity contribution in [3.05, 3.63) is 71.0 Å². The summed E-state index contributed by atoms with van der Waals surface area (Å²) in [5.74, 6) is -0.232. The SMILES string of the molecule is Cc1nn(CC(=O)N2CCc3ccccc32)c(C)c1S(=O)(=O)N1CCC(C(=O)N2CCc3ccccc32)CC1. The molecule has 2 aromatic carbocycles. The zero-order chi connectivity index (χ0) is 27.3. The Kier molecular flexibility index (Phi) is 6.55. The minimum atomic E-state index is -3.82. The molecular weight excluding hydrogens is 514 g/mol. The van der Waals surface area contributed by atoms with Gasteiger partial charge in [0.2, 0.25) is 21.8 Å². The van der Waals surface area contributed by atoms with Gasteiger partial charge in [-0.05, 0) is 62.8 Å². The van der Waals surface area contributed by atoms with Gasteiger partial charge in [-0.3, -0.25) is 14.3 Å². The van der Waals surface area contributed by atoms with E-state index in [0.29, 0.717) is 37.3 Å². The van der Waals surface area contributed by atoms with Crippen LogP contribution in [0.5, 0.6) is 0 Å². The van der Waals surface area contributed by atoms with Crippen LogP contribution in [0.4, 0.5) is 11.4 Å². The highest BCUT2D eigenvalue weighted by Gasteiger charge is 2.38. The van der Waals surface area contributed by atoms with Gasteiger partial charge >= 0.3 is 0 Å². The number of amides is 2. The third-order valence-electron chi connectivity index (χ3n) is 8.34. The molecule has 1 fully saturated rings. The van der Waals surface area contributed by atoms with Crippen LogP contribution < -0.4 is 9.80 Å². The molecule has 10 heteroatoms. The van der Waals surface area contributed by atoms with Gasteiger partial charge in [0.25, 0.3) is 0 Å². The molecule has 0 aliphatic carbocycles. The molecule has 9 nitrogen and oxygen atoms in total. The molecule has 6 rings (SSSR count). The Balaban J connectivity index is 1.14. The van der Waals surface area contributed by atoms with Crippen LogP contribution in [0.15, 0.2) is 53.4 Å².